The molecule has 0 saturated heterocycles. The van der Waals surface area contributed by atoms with Crippen LogP contribution in [0.1, 0.15) is 15.9 Å². The van der Waals surface area contributed by atoms with Crippen molar-refractivity contribution in [3.63, 3.8) is 0 Å². The topological polar surface area (TPSA) is 94.5 Å². The minimum atomic E-state index is -0.499. The molecular formula is C21H18FN5O2. The summed E-state index contributed by atoms with van der Waals surface area (Å²) in [6.07, 6.45) is 3.36. The third-order valence-electron chi connectivity index (χ3n) is 4.54. The van der Waals surface area contributed by atoms with Gasteiger partial charge in [-0.25, -0.2) is 14.4 Å². The number of benzene rings is 2. The predicted octanol–water partition coefficient (Wildman–Crippen LogP) is 3.06. The van der Waals surface area contributed by atoms with Crippen molar-refractivity contribution in [1.29, 1.82) is 0 Å². The van der Waals surface area contributed by atoms with Gasteiger partial charge in [-0.15, -0.1) is 0 Å². The van der Waals surface area contributed by atoms with Crippen molar-refractivity contribution >= 4 is 17.4 Å². The Hall–Kier alpha value is -3.94. The highest BCUT2D eigenvalue weighted by Crippen LogP contribution is 2.22. The minimum Gasteiger partial charge on any atom is -0.496 e. The summed E-state index contributed by atoms with van der Waals surface area (Å²) in [6, 6.07) is 13.2. The number of ether oxygens (including phenoxy) is 1. The van der Waals surface area contributed by atoms with Gasteiger partial charge in [-0.1, -0.05) is 24.3 Å². The van der Waals surface area contributed by atoms with Gasteiger partial charge in [0, 0.05) is 18.3 Å². The monoisotopic (exact) mass is 391 g/mol. The highest BCUT2D eigenvalue weighted by Gasteiger charge is 2.14. The first-order chi connectivity index (χ1) is 14.1. The summed E-state index contributed by atoms with van der Waals surface area (Å²) in [5.74, 6) is 0.446. The van der Waals surface area contributed by atoms with E-state index in [1.165, 1.54) is 19.2 Å². The molecule has 1 amide bonds. The van der Waals surface area contributed by atoms with Crippen LogP contribution in [0.15, 0.2) is 60.9 Å². The zero-order chi connectivity index (χ0) is 20.4. The lowest BCUT2D eigenvalue weighted by Gasteiger charge is -2.10. The molecule has 0 unspecified atom stereocenters. The summed E-state index contributed by atoms with van der Waals surface area (Å²) in [6.45, 7) is 0.283. The average Bonchev–Trinajstić information content (AvgIpc) is 3.18. The van der Waals surface area contributed by atoms with E-state index in [1.54, 1.807) is 16.8 Å². The molecule has 29 heavy (non-hydrogen) atoms. The molecule has 0 saturated carbocycles. The molecule has 7 nitrogen and oxygen atoms in total. The van der Waals surface area contributed by atoms with E-state index in [0.29, 0.717) is 17.5 Å². The number of halogens is 1. The maximum absolute atomic E-state index is 13.5. The number of methoxy groups -OCH3 is 1. The zero-order valence-corrected chi connectivity index (χ0v) is 15.6. The number of nitrogen functional groups attached to an aromatic ring is 1. The van der Waals surface area contributed by atoms with E-state index in [-0.39, 0.29) is 12.1 Å². The predicted molar refractivity (Wildman–Crippen MR) is 107 cm³/mol. The number of anilines is 1. The number of carbonyl (C=O) groups is 1. The molecule has 2 aromatic heterocycles. The molecule has 0 fully saturated rings. The van der Waals surface area contributed by atoms with Gasteiger partial charge in [0.1, 0.15) is 17.4 Å². The number of imidazole rings is 1. The first-order valence-electron chi connectivity index (χ1n) is 8.86. The van der Waals surface area contributed by atoms with Crippen LogP contribution in [-0.2, 0) is 6.54 Å². The van der Waals surface area contributed by atoms with E-state index in [9.17, 15) is 9.18 Å². The van der Waals surface area contributed by atoms with Crippen molar-refractivity contribution < 1.29 is 13.9 Å². The summed E-state index contributed by atoms with van der Waals surface area (Å²) in [4.78, 5) is 20.9. The molecule has 2 aromatic carbocycles. The first kappa shape index (κ1) is 18.4. The van der Waals surface area contributed by atoms with Crippen molar-refractivity contribution in [3.8, 4) is 17.1 Å². The molecule has 2 heterocycles. The molecule has 8 heteroatoms. The van der Waals surface area contributed by atoms with Crippen LogP contribution in [0.3, 0.4) is 0 Å². The molecule has 0 spiro atoms. The van der Waals surface area contributed by atoms with Crippen LogP contribution < -0.4 is 15.8 Å². The smallest absolute Gasteiger partial charge is 0.255 e. The molecule has 0 aliphatic heterocycles. The number of hydrogen-bond acceptors (Lipinski definition) is 5. The lowest BCUT2D eigenvalue weighted by atomic mass is 10.1. The van der Waals surface area contributed by atoms with E-state index in [0.717, 1.165) is 22.7 Å². The number of nitrogens with one attached hydrogen (secondary N) is 1. The summed E-state index contributed by atoms with van der Waals surface area (Å²) in [5, 5.41) is 2.77. The Morgan fingerprint density at radius 1 is 1.17 bits per heavy atom. The molecule has 0 bridgehead atoms. The molecule has 4 aromatic rings. The summed E-state index contributed by atoms with van der Waals surface area (Å²) < 4.78 is 20.4. The second-order valence-electron chi connectivity index (χ2n) is 6.37. The average molecular weight is 391 g/mol. The van der Waals surface area contributed by atoms with Crippen molar-refractivity contribution in [2.24, 2.45) is 0 Å². The van der Waals surface area contributed by atoms with Crippen molar-refractivity contribution in [2.45, 2.75) is 6.54 Å². The van der Waals surface area contributed by atoms with Crippen molar-refractivity contribution in [2.75, 3.05) is 12.8 Å². The van der Waals surface area contributed by atoms with E-state index in [2.05, 4.69) is 15.3 Å². The highest BCUT2D eigenvalue weighted by molar-refractivity contribution is 5.96. The highest BCUT2D eigenvalue weighted by atomic mass is 19.1. The van der Waals surface area contributed by atoms with Gasteiger partial charge >= 0.3 is 0 Å². The number of fused-ring (bicyclic) bond motifs is 1. The van der Waals surface area contributed by atoms with Crippen LogP contribution in [0.2, 0.25) is 0 Å². The van der Waals surface area contributed by atoms with E-state index >= 15 is 0 Å². The molecule has 4 rings (SSSR count). The van der Waals surface area contributed by atoms with Gasteiger partial charge in [0.15, 0.2) is 0 Å². The summed E-state index contributed by atoms with van der Waals surface area (Å²) >= 11 is 0. The number of nitrogens with two attached hydrogens (primary N) is 1. The van der Waals surface area contributed by atoms with Crippen LogP contribution in [0.25, 0.3) is 16.9 Å². The van der Waals surface area contributed by atoms with Gasteiger partial charge in [0.05, 0.1) is 24.4 Å². The second-order valence-corrected chi connectivity index (χ2v) is 6.37. The Bertz CT molecular complexity index is 1190. The Balaban J connectivity index is 1.50. The standard InChI is InChI=1S/C21H18FN5O2/c1-29-18-7-6-15(22)10-17(18)20(28)26-11-13-2-4-14(5-3-13)19-25-12-16-8-9-24-21(23)27(16)19/h2-10,12H,11H2,1H3,(H2,23,24)(H,26,28). The van der Waals surface area contributed by atoms with E-state index in [1.807, 2.05) is 30.3 Å². The lowest BCUT2D eigenvalue weighted by molar-refractivity contribution is 0.0947. The van der Waals surface area contributed by atoms with Gasteiger partial charge < -0.3 is 15.8 Å². The third-order valence-corrected chi connectivity index (χ3v) is 4.54. The molecule has 0 aliphatic rings. The Morgan fingerprint density at radius 2 is 1.97 bits per heavy atom. The first-order valence-corrected chi connectivity index (χ1v) is 8.86. The maximum atomic E-state index is 13.5. The molecule has 0 radical (unpaired) electrons. The largest absolute Gasteiger partial charge is 0.496 e. The Labute approximate surface area is 166 Å². The van der Waals surface area contributed by atoms with Crippen LogP contribution in [0, 0.1) is 5.82 Å². The van der Waals surface area contributed by atoms with Gasteiger partial charge in [-0.05, 0) is 29.8 Å². The Morgan fingerprint density at radius 3 is 2.72 bits per heavy atom. The van der Waals surface area contributed by atoms with E-state index in [4.69, 9.17) is 10.5 Å². The number of nitrogens with zero attached hydrogens (tertiary/aromatic N) is 3. The van der Waals surface area contributed by atoms with Crippen LogP contribution in [0.4, 0.5) is 10.3 Å². The maximum Gasteiger partial charge on any atom is 0.255 e. The van der Waals surface area contributed by atoms with Crippen LogP contribution >= 0.6 is 0 Å². The molecule has 3 N–H and O–H groups in total. The molecule has 0 aliphatic carbocycles. The van der Waals surface area contributed by atoms with Crippen LogP contribution in [0.5, 0.6) is 5.75 Å². The fraction of sp³-hybridized carbons (Fsp3) is 0.0952. The van der Waals surface area contributed by atoms with E-state index < -0.39 is 11.7 Å². The molecule has 146 valence electrons. The summed E-state index contributed by atoms with van der Waals surface area (Å²) in [5.41, 5.74) is 8.72. The third kappa shape index (κ3) is 3.60. The van der Waals surface area contributed by atoms with Crippen molar-refractivity contribution in [3.05, 3.63) is 77.9 Å². The number of amides is 1. The Kier molecular flexibility index (Phi) is 4.82. The quantitative estimate of drug-likeness (QED) is 0.545. The van der Waals surface area contributed by atoms with Crippen molar-refractivity contribution in [1.82, 2.24) is 19.7 Å². The number of carbonyl (C=O) groups excluding carboxylic acids is 1. The number of hydrogen-bond donors (Lipinski definition) is 2. The molecule has 0 atom stereocenters. The zero-order valence-electron chi connectivity index (χ0n) is 15.6. The SMILES string of the molecule is COc1ccc(F)cc1C(=O)NCc1ccc(-c2ncc3ccnc(N)n23)cc1. The fourth-order valence-corrected chi connectivity index (χ4v) is 3.08. The lowest BCUT2D eigenvalue weighted by Crippen LogP contribution is -2.23. The van der Waals surface area contributed by atoms with Gasteiger partial charge in [0.2, 0.25) is 5.95 Å². The van der Waals surface area contributed by atoms with Crippen LogP contribution in [-0.4, -0.2) is 27.4 Å². The van der Waals surface area contributed by atoms with Gasteiger partial charge in [-0.2, -0.15) is 0 Å². The molecular weight excluding hydrogens is 373 g/mol. The second kappa shape index (κ2) is 7.59. The van der Waals surface area contributed by atoms with Gasteiger partial charge in [0.25, 0.3) is 5.91 Å². The fourth-order valence-electron chi connectivity index (χ4n) is 3.08. The minimum absolute atomic E-state index is 0.149. The summed E-state index contributed by atoms with van der Waals surface area (Å²) in [7, 11) is 1.43. The van der Waals surface area contributed by atoms with Gasteiger partial charge in [-0.3, -0.25) is 9.20 Å². The number of aromatic nitrogens is 3. The normalized spacial score (nSPS) is 10.8. The number of rotatable bonds is 5.